The molecule has 0 saturated heterocycles. The van der Waals surface area contributed by atoms with Crippen LogP contribution in [0.15, 0.2) is 88.5 Å². The maximum Gasteiger partial charge on any atom is 0.349 e. The molecule has 0 saturated carbocycles. The molecule has 0 unspecified atom stereocenters. The van der Waals surface area contributed by atoms with Crippen molar-refractivity contribution in [3.63, 3.8) is 0 Å². The Morgan fingerprint density at radius 2 is 1.86 bits per heavy atom. The maximum absolute atomic E-state index is 12.6. The van der Waals surface area contributed by atoms with Crippen LogP contribution in [0.4, 0.5) is 5.69 Å². The Morgan fingerprint density at radius 1 is 1.03 bits per heavy atom. The fraction of sp³-hybridized carbons (Fsp3) is 0. The maximum atomic E-state index is 12.6. The van der Waals surface area contributed by atoms with Gasteiger partial charge in [0.05, 0.1) is 5.69 Å². The van der Waals surface area contributed by atoms with Crippen molar-refractivity contribution in [1.82, 2.24) is 14.4 Å². The molecule has 0 atom stereocenters. The largest absolute Gasteiger partial charge is 0.422 e. The van der Waals surface area contributed by atoms with Crippen LogP contribution in [0, 0.1) is 0 Å². The SMILES string of the molecule is O=C(Nc1ccc(-c2cn3cccnc3n2)cc1)c1cc2ccccc2oc1=O. The number of carbonyl (C=O) groups is 1. The van der Waals surface area contributed by atoms with Gasteiger partial charge in [0.2, 0.25) is 5.78 Å². The van der Waals surface area contributed by atoms with Crippen molar-refractivity contribution in [1.29, 1.82) is 0 Å². The zero-order valence-electron chi connectivity index (χ0n) is 15.1. The number of aromatic nitrogens is 3. The summed E-state index contributed by atoms with van der Waals surface area (Å²) in [5.74, 6) is 0.0945. The predicted molar refractivity (Wildman–Crippen MR) is 109 cm³/mol. The topological polar surface area (TPSA) is 89.5 Å². The molecular formula is C22H14N4O3. The number of hydrogen-bond donors (Lipinski definition) is 1. The zero-order valence-corrected chi connectivity index (χ0v) is 15.1. The summed E-state index contributed by atoms with van der Waals surface area (Å²) in [7, 11) is 0. The number of imidazole rings is 1. The van der Waals surface area contributed by atoms with E-state index in [1.54, 1.807) is 36.5 Å². The lowest BCUT2D eigenvalue weighted by atomic mass is 10.1. The van der Waals surface area contributed by atoms with E-state index in [0.717, 1.165) is 11.3 Å². The molecule has 1 N–H and O–H groups in total. The van der Waals surface area contributed by atoms with Crippen LogP contribution in [0.3, 0.4) is 0 Å². The third-order valence-corrected chi connectivity index (χ3v) is 4.56. The van der Waals surface area contributed by atoms with E-state index in [1.165, 1.54) is 6.07 Å². The van der Waals surface area contributed by atoms with Crippen LogP contribution in [-0.4, -0.2) is 20.3 Å². The van der Waals surface area contributed by atoms with Gasteiger partial charge in [0.25, 0.3) is 5.91 Å². The van der Waals surface area contributed by atoms with Gasteiger partial charge in [-0.05, 0) is 30.3 Å². The molecule has 1 amide bonds. The van der Waals surface area contributed by atoms with Crippen molar-refractivity contribution in [3.8, 4) is 11.3 Å². The van der Waals surface area contributed by atoms with Crippen molar-refractivity contribution >= 4 is 28.3 Å². The molecule has 0 aliphatic heterocycles. The summed E-state index contributed by atoms with van der Waals surface area (Å²) < 4.78 is 7.06. The van der Waals surface area contributed by atoms with Gasteiger partial charge < -0.3 is 9.73 Å². The summed E-state index contributed by atoms with van der Waals surface area (Å²) in [6, 6.07) is 17.6. The fourth-order valence-electron chi connectivity index (χ4n) is 3.11. The Labute approximate surface area is 164 Å². The van der Waals surface area contributed by atoms with E-state index in [2.05, 4.69) is 15.3 Å². The van der Waals surface area contributed by atoms with Gasteiger partial charge in [-0.1, -0.05) is 30.3 Å². The minimum Gasteiger partial charge on any atom is -0.422 e. The standard InChI is InChI=1S/C22H14N4O3/c27-20(17-12-15-4-1-2-5-19(15)29-21(17)28)24-16-8-6-14(7-9-16)18-13-26-11-3-10-23-22(26)25-18/h1-13H,(H,24,27). The Balaban J connectivity index is 1.40. The van der Waals surface area contributed by atoms with Gasteiger partial charge in [-0.3, -0.25) is 9.20 Å². The Kier molecular flexibility index (Phi) is 3.91. The highest BCUT2D eigenvalue weighted by Gasteiger charge is 2.14. The van der Waals surface area contributed by atoms with Crippen molar-refractivity contribution in [2.45, 2.75) is 0 Å². The minimum absolute atomic E-state index is 0.0424. The first-order valence-electron chi connectivity index (χ1n) is 8.92. The van der Waals surface area contributed by atoms with E-state index in [-0.39, 0.29) is 5.56 Å². The number of benzene rings is 2. The second kappa shape index (κ2) is 6.72. The van der Waals surface area contributed by atoms with E-state index in [0.29, 0.717) is 22.4 Å². The number of anilines is 1. The van der Waals surface area contributed by atoms with Crippen molar-refractivity contribution in [3.05, 3.63) is 95.2 Å². The molecule has 3 heterocycles. The molecule has 0 aliphatic rings. The number of hydrogen-bond acceptors (Lipinski definition) is 5. The molecule has 0 fully saturated rings. The third kappa shape index (κ3) is 3.14. The first kappa shape index (κ1) is 16.9. The summed E-state index contributed by atoms with van der Waals surface area (Å²) >= 11 is 0. The van der Waals surface area contributed by atoms with Gasteiger partial charge in [-0.2, -0.15) is 0 Å². The first-order valence-corrected chi connectivity index (χ1v) is 8.92. The summed E-state index contributed by atoms with van der Waals surface area (Å²) in [5.41, 5.74) is 1.96. The molecule has 5 aromatic rings. The molecular weight excluding hydrogens is 368 g/mol. The molecule has 7 heteroatoms. The molecule has 7 nitrogen and oxygen atoms in total. The molecule has 2 aromatic carbocycles. The number of carbonyl (C=O) groups excluding carboxylic acids is 1. The van der Waals surface area contributed by atoms with Gasteiger partial charge in [-0.25, -0.2) is 14.8 Å². The lowest BCUT2D eigenvalue weighted by molar-refractivity contribution is 0.102. The van der Waals surface area contributed by atoms with Crippen LogP contribution in [0.1, 0.15) is 10.4 Å². The van der Waals surface area contributed by atoms with Gasteiger partial charge in [0.1, 0.15) is 11.1 Å². The van der Waals surface area contributed by atoms with Crippen molar-refractivity contribution in [2.75, 3.05) is 5.32 Å². The van der Waals surface area contributed by atoms with Crippen LogP contribution in [0.25, 0.3) is 28.0 Å². The lowest BCUT2D eigenvalue weighted by Gasteiger charge is -2.06. The number of nitrogens with zero attached hydrogens (tertiary/aromatic N) is 3. The third-order valence-electron chi connectivity index (χ3n) is 4.56. The average molecular weight is 382 g/mol. The van der Waals surface area contributed by atoms with Crippen LogP contribution < -0.4 is 10.9 Å². The average Bonchev–Trinajstić information content (AvgIpc) is 3.18. The van der Waals surface area contributed by atoms with Crippen LogP contribution >= 0.6 is 0 Å². The summed E-state index contributed by atoms with van der Waals surface area (Å²) in [4.78, 5) is 33.4. The Morgan fingerprint density at radius 3 is 2.69 bits per heavy atom. The normalized spacial score (nSPS) is 11.0. The highest BCUT2D eigenvalue weighted by molar-refractivity contribution is 6.05. The number of amides is 1. The monoisotopic (exact) mass is 382 g/mol. The van der Waals surface area contributed by atoms with E-state index in [9.17, 15) is 9.59 Å². The van der Waals surface area contributed by atoms with E-state index in [1.807, 2.05) is 41.1 Å². The molecule has 3 aromatic heterocycles. The number of rotatable bonds is 3. The van der Waals surface area contributed by atoms with Gasteiger partial charge in [0.15, 0.2) is 0 Å². The molecule has 140 valence electrons. The molecule has 0 radical (unpaired) electrons. The first-order chi connectivity index (χ1) is 14.2. The van der Waals surface area contributed by atoms with Gasteiger partial charge >= 0.3 is 5.63 Å². The van der Waals surface area contributed by atoms with Crippen molar-refractivity contribution < 1.29 is 9.21 Å². The second-order valence-electron chi connectivity index (χ2n) is 6.47. The quantitative estimate of drug-likeness (QED) is 0.480. The molecule has 0 spiro atoms. The summed E-state index contributed by atoms with van der Waals surface area (Å²) in [6.45, 7) is 0. The smallest absolute Gasteiger partial charge is 0.349 e. The second-order valence-corrected chi connectivity index (χ2v) is 6.47. The van der Waals surface area contributed by atoms with Crippen LogP contribution in [-0.2, 0) is 0 Å². The van der Waals surface area contributed by atoms with E-state index < -0.39 is 11.5 Å². The molecule has 0 bridgehead atoms. The molecule has 0 aliphatic carbocycles. The van der Waals surface area contributed by atoms with Crippen molar-refractivity contribution in [2.24, 2.45) is 0 Å². The Hall–Kier alpha value is -4.26. The number of fused-ring (bicyclic) bond motifs is 2. The minimum atomic E-state index is -0.671. The van der Waals surface area contributed by atoms with E-state index >= 15 is 0 Å². The fourth-order valence-corrected chi connectivity index (χ4v) is 3.11. The molecule has 5 rings (SSSR count). The van der Waals surface area contributed by atoms with Gasteiger partial charge in [-0.15, -0.1) is 0 Å². The highest BCUT2D eigenvalue weighted by atomic mass is 16.4. The number of para-hydroxylation sites is 1. The summed E-state index contributed by atoms with van der Waals surface area (Å²) in [5, 5.41) is 3.42. The molecule has 29 heavy (non-hydrogen) atoms. The summed E-state index contributed by atoms with van der Waals surface area (Å²) in [6.07, 6.45) is 5.45. The van der Waals surface area contributed by atoms with Crippen LogP contribution in [0.5, 0.6) is 0 Å². The number of nitrogens with one attached hydrogen (secondary N) is 1. The Bertz CT molecular complexity index is 1380. The van der Waals surface area contributed by atoms with E-state index in [4.69, 9.17) is 4.42 Å². The predicted octanol–water partition coefficient (Wildman–Crippen LogP) is 3.76. The van der Waals surface area contributed by atoms with Crippen LogP contribution in [0.2, 0.25) is 0 Å². The van der Waals surface area contributed by atoms with Gasteiger partial charge in [0, 0.05) is 35.2 Å². The lowest BCUT2D eigenvalue weighted by Crippen LogP contribution is -2.20. The highest BCUT2D eigenvalue weighted by Crippen LogP contribution is 2.21. The zero-order chi connectivity index (χ0) is 19.8.